The number of benzene rings is 2. The first-order valence-corrected chi connectivity index (χ1v) is 10.7. The van der Waals surface area contributed by atoms with Crippen molar-refractivity contribution < 1.29 is 24.5 Å². The van der Waals surface area contributed by atoms with Gasteiger partial charge in [-0.1, -0.05) is 55.3 Å². The second kappa shape index (κ2) is 10.9. The average molecular weight is 457 g/mol. The molecule has 3 aromatic rings. The highest BCUT2D eigenvalue weighted by molar-refractivity contribution is 6.30. The number of aryl methyl sites for hydroxylation is 1. The van der Waals surface area contributed by atoms with Crippen molar-refractivity contribution >= 4 is 23.5 Å². The molecule has 0 saturated heterocycles. The Bertz CT molecular complexity index is 1090. The van der Waals surface area contributed by atoms with Crippen LogP contribution in [0.3, 0.4) is 0 Å². The summed E-state index contributed by atoms with van der Waals surface area (Å²) in [7, 11) is 0. The van der Waals surface area contributed by atoms with Crippen LogP contribution in [0, 0.1) is 0 Å². The normalized spacial score (nSPS) is 10.9. The maximum absolute atomic E-state index is 11.4. The Morgan fingerprint density at radius 3 is 2.41 bits per heavy atom. The quantitative estimate of drug-likeness (QED) is 0.419. The molecule has 0 radical (unpaired) electrons. The van der Waals surface area contributed by atoms with E-state index in [1.807, 2.05) is 4.57 Å². The molecule has 0 aliphatic heterocycles. The summed E-state index contributed by atoms with van der Waals surface area (Å²) in [5.41, 5.74) is 2.63. The molecule has 1 heterocycles. The molecule has 1 aromatic heterocycles. The molecule has 3 rings (SSSR count). The molecule has 8 heteroatoms. The third-order valence-corrected chi connectivity index (χ3v) is 5.45. The molecule has 32 heavy (non-hydrogen) atoms. The van der Waals surface area contributed by atoms with Gasteiger partial charge in [-0.2, -0.15) is 0 Å². The number of ether oxygens (including phenoxy) is 1. The highest BCUT2D eigenvalue weighted by atomic mass is 35.5. The molecule has 0 amide bonds. The van der Waals surface area contributed by atoms with Crippen molar-refractivity contribution in [1.29, 1.82) is 0 Å². The van der Waals surface area contributed by atoms with Crippen LogP contribution in [0.25, 0.3) is 0 Å². The van der Waals surface area contributed by atoms with Gasteiger partial charge in [0.1, 0.15) is 5.82 Å². The molecule has 0 atom stereocenters. The van der Waals surface area contributed by atoms with E-state index in [1.165, 1.54) is 0 Å². The highest BCUT2D eigenvalue weighted by Gasteiger charge is 2.17. The number of aromatic carboxylic acids is 2. The molecule has 0 spiro atoms. The first kappa shape index (κ1) is 23.5. The van der Waals surface area contributed by atoms with Crippen LogP contribution in [0.2, 0.25) is 5.15 Å². The van der Waals surface area contributed by atoms with E-state index in [4.69, 9.17) is 21.4 Å². The van der Waals surface area contributed by atoms with E-state index in [1.54, 1.807) is 48.5 Å². The summed E-state index contributed by atoms with van der Waals surface area (Å²) in [4.78, 5) is 27.0. The van der Waals surface area contributed by atoms with Crippen LogP contribution in [-0.4, -0.2) is 31.7 Å². The third-order valence-electron chi connectivity index (χ3n) is 5.14. The summed E-state index contributed by atoms with van der Waals surface area (Å²) in [6.45, 7) is 2.87. The minimum atomic E-state index is -1.00. The van der Waals surface area contributed by atoms with Crippen LogP contribution in [0.5, 0.6) is 0 Å². The molecule has 0 aliphatic carbocycles. The Hall–Kier alpha value is -3.16. The van der Waals surface area contributed by atoms with Gasteiger partial charge < -0.3 is 19.5 Å². The summed E-state index contributed by atoms with van der Waals surface area (Å²) in [5.74, 6) is -1.13. The number of hydrogen-bond acceptors (Lipinski definition) is 4. The maximum Gasteiger partial charge on any atom is 0.336 e. The van der Waals surface area contributed by atoms with E-state index in [9.17, 15) is 14.7 Å². The lowest BCUT2D eigenvalue weighted by Crippen LogP contribution is -2.11. The van der Waals surface area contributed by atoms with E-state index < -0.39 is 11.9 Å². The first-order valence-electron chi connectivity index (χ1n) is 10.4. The zero-order valence-electron chi connectivity index (χ0n) is 17.8. The van der Waals surface area contributed by atoms with Gasteiger partial charge in [0.2, 0.25) is 0 Å². The zero-order chi connectivity index (χ0) is 23.1. The summed E-state index contributed by atoms with van der Waals surface area (Å²) in [6, 6.07) is 13.4. The molecule has 0 saturated carbocycles. The van der Waals surface area contributed by atoms with Gasteiger partial charge in [0.15, 0.2) is 5.15 Å². The van der Waals surface area contributed by atoms with Crippen LogP contribution >= 0.6 is 11.6 Å². The standard InChI is InChI=1S/C24H25ClN2O5/c1-2-3-8-21-26-22(25)20(15-32-14-18-6-4-5-7-19(18)24(30)31)27(21)13-16-9-11-17(12-10-16)23(28)29/h4-7,9-12H,2-3,8,13-15H2,1H3,(H,28,29)(H,30,31). The molecular weight excluding hydrogens is 432 g/mol. The van der Waals surface area contributed by atoms with E-state index in [0.29, 0.717) is 23.0 Å². The van der Waals surface area contributed by atoms with E-state index in [2.05, 4.69) is 11.9 Å². The Morgan fingerprint density at radius 2 is 1.75 bits per heavy atom. The predicted octanol–water partition coefficient (Wildman–Crippen LogP) is 5.04. The van der Waals surface area contributed by atoms with Crippen molar-refractivity contribution in [2.24, 2.45) is 0 Å². The smallest absolute Gasteiger partial charge is 0.336 e. The number of rotatable bonds is 11. The Kier molecular flexibility index (Phi) is 8.03. The van der Waals surface area contributed by atoms with Crippen LogP contribution in [0.4, 0.5) is 0 Å². The number of aromatic nitrogens is 2. The van der Waals surface area contributed by atoms with Crippen molar-refractivity contribution in [3.05, 3.63) is 87.5 Å². The van der Waals surface area contributed by atoms with Crippen molar-refractivity contribution in [3.8, 4) is 0 Å². The third kappa shape index (κ3) is 5.75. The Morgan fingerprint density at radius 1 is 1.03 bits per heavy atom. The van der Waals surface area contributed by atoms with Crippen molar-refractivity contribution in [2.45, 2.75) is 45.9 Å². The van der Waals surface area contributed by atoms with Gasteiger partial charge in [-0.05, 0) is 35.7 Å². The SMILES string of the molecule is CCCCc1nc(Cl)c(COCc2ccccc2C(=O)O)n1Cc1ccc(C(=O)O)cc1. The summed E-state index contributed by atoms with van der Waals surface area (Å²) in [5, 5.41) is 18.8. The number of unbranched alkanes of at least 4 members (excludes halogenated alkanes) is 1. The number of imidazole rings is 1. The fourth-order valence-corrected chi connectivity index (χ4v) is 3.66. The van der Waals surface area contributed by atoms with Gasteiger partial charge in [0, 0.05) is 13.0 Å². The lowest BCUT2D eigenvalue weighted by atomic mass is 10.1. The lowest BCUT2D eigenvalue weighted by molar-refractivity contribution is 0.0677. The summed E-state index contributed by atoms with van der Waals surface area (Å²) < 4.78 is 7.83. The molecule has 0 fully saturated rings. The van der Waals surface area contributed by atoms with Crippen molar-refractivity contribution in [2.75, 3.05) is 0 Å². The van der Waals surface area contributed by atoms with Crippen molar-refractivity contribution in [3.63, 3.8) is 0 Å². The second-order valence-electron chi connectivity index (χ2n) is 7.41. The number of carboxylic acid groups (broad SMARTS) is 2. The Labute approximate surface area is 191 Å². The van der Waals surface area contributed by atoms with E-state index in [-0.39, 0.29) is 24.3 Å². The van der Waals surface area contributed by atoms with E-state index in [0.717, 1.165) is 30.7 Å². The number of nitrogens with zero attached hydrogens (tertiary/aromatic N) is 2. The van der Waals surface area contributed by atoms with Gasteiger partial charge in [0.05, 0.1) is 30.0 Å². The molecule has 0 unspecified atom stereocenters. The fraction of sp³-hybridized carbons (Fsp3) is 0.292. The first-order chi connectivity index (χ1) is 15.4. The molecule has 0 bridgehead atoms. The molecule has 0 aliphatic rings. The number of carboxylic acids is 2. The molecule has 2 N–H and O–H groups in total. The van der Waals surface area contributed by atoms with Crippen LogP contribution in [0.15, 0.2) is 48.5 Å². The van der Waals surface area contributed by atoms with Gasteiger partial charge in [-0.25, -0.2) is 14.6 Å². The van der Waals surface area contributed by atoms with Crippen molar-refractivity contribution in [1.82, 2.24) is 9.55 Å². The van der Waals surface area contributed by atoms with Gasteiger partial charge in [-0.3, -0.25) is 0 Å². The second-order valence-corrected chi connectivity index (χ2v) is 7.77. The predicted molar refractivity (Wildman–Crippen MR) is 120 cm³/mol. The molecule has 2 aromatic carbocycles. The molecule has 168 valence electrons. The summed E-state index contributed by atoms with van der Waals surface area (Å²) in [6.07, 6.45) is 2.72. The largest absolute Gasteiger partial charge is 0.478 e. The Balaban J connectivity index is 1.81. The number of hydrogen-bond donors (Lipinski definition) is 2. The van der Waals surface area contributed by atoms with Gasteiger partial charge in [-0.15, -0.1) is 0 Å². The maximum atomic E-state index is 11.4. The molecular formula is C24H25ClN2O5. The van der Waals surface area contributed by atoms with Gasteiger partial charge in [0.25, 0.3) is 0 Å². The highest BCUT2D eigenvalue weighted by Crippen LogP contribution is 2.23. The van der Waals surface area contributed by atoms with E-state index >= 15 is 0 Å². The fourth-order valence-electron chi connectivity index (χ4n) is 3.40. The topological polar surface area (TPSA) is 102 Å². The minimum absolute atomic E-state index is 0.127. The average Bonchev–Trinajstić information content (AvgIpc) is 3.07. The molecule has 7 nitrogen and oxygen atoms in total. The van der Waals surface area contributed by atoms with Crippen LogP contribution in [0.1, 0.15) is 63.1 Å². The minimum Gasteiger partial charge on any atom is -0.478 e. The lowest BCUT2D eigenvalue weighted by Gasteiger charge is -2.13. The monoisotopic (exact) mass is 456 g/mol. The van der Waals surface area contributed by atoms with Crippen LogP contribution < -0.4 is 0 Å². The van der Waals surface area contributed by atoms with Gasteiger partial charge >= 0.3 is 11.9 Å². The number of halogens is 1. The zero-order valence-corrected chi connectivity index (χ0v) is 18.5. The summed E-state index contributed by atoms with van der Waals surface area (Å²) >= 11 is 6.44. The number of carbonyl (C=O) groups is 2. The van der Waals surface area contributed by atoms with Crippen LogP contribution in [-0.2, 0) is 30.9 Å².